The first-order chi connectivity index (χ1) is 15.4. The van der Waals surface area contributed by atoms with E-state index in [1.165, 1.54) is 12.8 Å². The van der Waals surface area contributed by atoms with Gasteiger partial charge in [-0.2, -0.15) is 0 Å². The van der Waals surface area contributed by atoms with Crippen LogP contribution in [0, 0.1) is 0 Å². The van der Waals surface area contributed by atoms with Crippen LogP contribution in [0.2, 0.25) is 0 Å². The molecule has 2 aromatic rings. The molecule has 0 aliphatic carbocycles. The molecule has 0 bridgehead atoms. The molecule has 0 spiro atoms. The second-order valence-corrected chi connectivity index (χ2v) is 8.17. The molecule has 9 heteroatoms. The molecular formula is C23H27N5O4. The molecule has 2 N–H and O–H groups in total. The standard InChI is InChI=1S/C23H27N5O4/c1-23(17-6-8-18(32-2)9-7-17)21(30)28(22(31)26-23)15-20(29)25-14-16-5-10-19(24-13-16)27-11-3-4-12-27/h5-10,13H,3-4,11-12,14-15H2,1-2H3,(H,25,29)(H,26,31). The molecule has 1 unspecified atom stereocenters. The lowest BCUT2D eigenvalue weighted by Gasteiger charge is -2.22. The molecule has 2 saturated heterocycles. The number of benzene rings is 1. The number of amides is 4. The van der Waals surface area contributed by atoms with Crippen LogP contribution in [-0.4, -0.2) is 54.5 Å². The van der Waals surface area contributed by atoms with Crippen LogP contribution >= 0.6 is 0 Å². The third-order valence-electron chi connectivity index (χ3n) is 5.97. The van der Waals surface area contributed by atoms with Crippen molar-refractivity contribution in [1.82, 2.24) is 20.5 Å². The number of ether oxygens (including phenoxy) is 1. The summed E-state index contributed by atoms with van der Waals surface area (Å²) in [5.74, 6) is 0.693. The lowest BCUT2D eigenvalue weighted by Crippen LogP contribution is -2.43. The summed E-state index contributed by atoms with van der Waals surface area (Å²) in [5, 5.41) is 5.45. The number of carbonyl (C=O) groups excluding carboxylic acids is 3. The van der Waals surface area contributed by atoms with E-state index in [1.54, 1.807) is 44.5 Å². The van der Waals surface area contributed by atoms with Gasteiger partial charge >= 0.3 is 6.03 Å². The van der Waals surface area contributed by atoms with Gasteiger partial charge in [-0.05, 0) is 49.1 Å². The number of aromatic nitrogens is 1. The number of rotatable bonds is 7. The molecule has 3 heterocycles. The number of hydrogen-bond acceptors (Lipinski definition) is 6. The van der Waals surface area contributed by atoms with E-state index in [-0.39, 0.29) is 13.1 Å². The SMILES string of the molecule is COc1ccc(C2(C)NC(=O)N(CC(=O)NCc3ccc(N4CCCC4)nc3)C2=O)cc1. The zero-order valence-corrected chi connectivity index (χ0v) is 18.3. The molecular weight excluding hydrogens is 410 g/mol. The Balaban J connectivity index is 1.34. The van der Waals surface area contributed by atoms with Gasteiger partial charge in [-0.3, -0.25) is 14.5 Å². The van der Waals surface area contributed by atoms with Crippen molar-refractivity contribution in [2.45, 2.75) is 31.8 Å². The Morgan fingerprint density at radius 2 is 1.88 bits per heavy atom. The Morgan fingerprint density at radius 1 is 1.16 bits per heavy atom. The van der Waals surface area contributed by atoms with E-state index in [9.17, 15) is 14.4 Å². The van der Waals surface area contributed by atoms with E-state index in [1.807, 2.05) is 12.1 Å². The second-order valence-electron chi connectivity index (χ2n) is 8.17. The van der Waals surface area contributed by atoms with Crippen molar-refractivity contribution >= 4 is 23.7 Å². The fourth-order valence-corrected chi connectivity index (χ4v) is 4.02. The Labute approximate surface area is 186 Å². The van der Waals surface area contributed by atoms with Crippen LogP contribution < -0.4 is 20.3 Å². The van der Waals surface area contributed by atoms with Gasteiger partial charge in [0, 0.05) is 25.8 Å². The van der Waals surface area contributed by atoms with Crippen molar-refractivity contribution in [1.29, 1.82) is 0 Å². The summed E-state index contributed by atoms with van der Waals surface area (Å²) in [6.07, 6.45) is 4.10. The Morgan fingerprint density at radius 3 is 2.50 bits per heavy atom. The molecule has 9 nitrogen and oxygen atoms in total. The lowest BCUT2D eigenvalue weighted by molar-refractivity contribution is -0.134. The van der Waals surface area contributed by atoms with Gasteiger partial charge in [0.15, 0.2) is 0 Å². The molecule has 32 heavy (non-hydrogen) atoms. The van der Waals surface area contributed by atoms with Crippen LogP contribution in [0.25, 0.3) is 0 Å². The van der Waals surface area contributed by atoms with E-state index in [4.69, 9.17) is 4.74 Å². The average Bonchev–Trinajstić information content (AvgIpc) is 3.42. The number of pyridine rings is 1. The average molecular weight is 438 g/mol. The highest BCUT2D eigenvalue weighted by molar-refractivity contribution is 6.09. The first kappa shape index (κ1) is 21.6. The fraction of sp³-hybridized carbons (Fsp3) is 0.391. The van der Waals surface area contributed by atoms with Crippen LogP contribution in [-0.2, 0) is 21.7 Å². The molecule has 4 rings (SSSR count). The van der Waals surface area contributed by atoms with Gasteiger partial charge in [-0.25, -0.2) is 9.78 Å². The van der Waals surface area contributed by atoms with E-state index in [2.05, 4.69) is 20.5 Å². The molecule has 0 saturated carbocycles. The smallest absolute Gasteiger partial charge is 0.325 e. The minimum Gasteiger partial charge on any atom is -0.497 e. The van der Waals surface area contributed by atoms with Gasteiger partial charge in [0.2, 0.25) is 5.91 Å². The van der Waals surface area contributed by atoms with Crippen LogP contribution in [0.4, 0.5) is 10.6 Å². The molecule has 1 aromatic carbocycles. The Hall–Kier alpha value is -3.62. The number of carbonyl (C=O) groups is 3. The van der Waals surface area contributed by atoms with Crippen LogP contribution in [0.15, 0.2) is 42.6 Å². The highest BCUT2D eigenvalue weighted by Crippen LogP contribution is 2.29. The van der Waals surface area contributed by atoms with Crippen LogP contribution in [0.3, 0.4) is 0 Å². The third kappa shape index (κ3) is 4.23. The predicted molar refractivity (Wildman–Crippen MR) is 118 cm³/mol. The number of hydrogen-bond donors (Lipinski definition) is 2. The minimum atomic E-state index is -1.24. The summed E-state index contributed by atoms with van der Waals surface area (Å²) in [5.41, 5.74) is 0.226. The fourth-order valence-electron chi connectivity index (χ4n) is 4.02. The highest BCUT2D eigenvalue weighted by atomic mass is 16.5. The Bertz CT molecular complexity index is 1000. The lowest BCUT2D eigenvalue weighted by atomic mass is 9.92. The zero-order valence-electron chi connectivity index (χ0n) is 18.3. The first-order valence-electron chi connectivity index (χ1n) is 10.7. The number of nitrogens with one attached hydrogen (secondary N) is 2. The van der Waals surface area contributed by atoms with Gasteiger partial charge in [0.05, 0.1) is 7.11 Å². The van der Waals surface area contributed by atoms with Crippen molar-refractivity contribution in [3.05, 3.63) is 53.7 Å². The molecule has 2 aliphatic rings. The summed E-state index contributed by atoms with van der Waals surface area (Å²) >= 11 is 0. The third-order valence-corrected chi connectivity index (χ3v) is 5.97. The molecule has 168 valence electrons. The van der Waals surface area contributed by atoms with Gasteiger partial charge in [0.1, 0.15) is 23.7 Å². The minimum absolute atomic E-state index is 0.269. The number of urea groups is 1. The molecule has 1 atom stereocenters. The normalized spacial score (nSPS) is 20.4. The van der Waals surface area contributed by atoms with Gasteiger partial charge in [-0.15, -0.1) is 0 Å². The number of imide groups is 1. The van der Waals surface area contributed by atoms with E-state index < -0.39 is 23.4 Å². The summed E-state index contributed by atoms with van der Waals surface area (Å²) < 4.78 is 5.14. The van der Waals surface area contributed by atoms with Gasteiger partial charge in [0.25, 0.3) is 5.91 Å². The van der Waals surface area contributed by atoms with Gasteiger partial charge < -0.3 is 20.3 Å². The van der Waals surface area contributed by atoms with Crippen molar-refractivity contribution in [2.24, 2.45) is 0 Å². The highest BCUT2D eigenvalue weighted by Gasteiger charge is 2.49. The second kappa shape index (κ2) is 8.86. The van der Waals surface area contributed by atoms with Crippen LogP contribution in [0.1, 0.15) is 30.9 Å². The number of nitrogens with zero attached hydrogens (tertiary/aromatic N) is 3. The number of anilines is 1. The molecule has 2 aliphatic heterocycles. The first-order valence-corrected chi connectivity index (χ1v) is 10.7. The molecule has 2 fully saturated rings. The van der Waals surface area contributed by atoms with Gasteiger partial charge in [-0.1, -0.05) is 18.2 Å². The summed E-state index contributed by atoms with van der Waals surface area (Å²) in [6.45, 7) is 3.58. The number of methoxy groups -OCH3 is 1. The van der Waals surface area contributed by atoms with E-state index >= 15 is 0 Å². The van der Waals surface area contributed by atoms with E-state index in [0.717, 1.165) is 29.4 Å². The molecule has 4 amide bonds. The molecule has 1 aromatic heterocycles. The van der Waals surface area contributed by atoms with Crippen molar-refractivity contribution < 1.29 is 19.1 Å². The zero-order chi connectivity index (χ0) is 22.7. The van der Waals surface area contributed by atoms with Crippen molar-refractivity contribution in [2.75, 3.05) is 31.6 Å². The maximum Gasteiger partial charge on any atom is 0.325 e. The van der Waals surface area contributed by atoms with Crippen LogP contribution in [0.5, 0.6) is 5.75 Å². The summed E-state index contributed by atoms with van der Waals surface area (Å²) in [4.78, 5) is 45.5. The summed E-state index contributed by atoms with van der Waals surface area (Å²) in [6, 6.07) is 10.2. The quantitative estimate of drug-likeness (QED) is 0.640. The van der Waals surface area contributed by atoms with Crippen molar-refractivity contribution in [3.8, 4) is 5.75 Å². The molecule has 0 radical (unpaired) electrons. The topological polar surface area (TPSA) is 104 Å². The maximum absolute atomic E-state index is 13.0. The monoisotopic (exact) mass is 437 g/mol. The van der Waals surface area contributed by atoms with Crippen molar-refractivity contribution in [3.63, 3.8) is 0 Å². The maximum atomic E-state index is 13.0. The largest absolute Gasteiger partial charge is 0.497 e. The Kier molecular flexibility index (Phi) is 5.98. The predicted octanol–water partition coefficient (Wildman–Crippen LogP) is 1.77. The summed E-state index contributed by atoms with van der Waals surface area (Å²) in [7, 11) is 1.55. The van der Waals surface area contributed by atoms with E-state index in [0.29, 0.717) is 11.3 Å².